The quantitative estimate of drug-likeness (QED) is 0.389. The first kappa shape index (κ1) is 18.4. The monoisotopic (exact) mass is 282 g/mol. The van der Waals surface area contributed by atoms with Gasteiger partial charge in [0.1, 0.15) is 0 Å². The molecular weight excluding hydrogens is 256 g/mol. The van der Waals surface area contributed by atoms with Crippen LogP contribution in [0, 0.1) is 5.41 Å². The van der Waals surface area contributed by atoms with Crippen LogP contribution in [0.1, 0.15) is 47.5 Å². The lowest BCUT2D eigenvalue weighted by molar-refractivity contribution is -0.171. The zero-order valence-corrected chi connectivity index (χ0v) is 13.2. The molecule has 114 valence electrons. The van der Waals surface area contributed by atoms with Gasteiger partial charge in [0.05, 0.1) is 13.2 Å². The Kier molecular flexibility index (Phi) is 7.89. The molecule has 0 bridgehead atoms. The highest BCUT2D eigenvalue weighted by atomic mass is 16.6. The molecule has 0 aliphatic carbocycles. The zero-order chi connectivity index (χ0) is 15.8. The van der Waals surface area contributed by atoms with E-state index in [1.165, 1.54) is 0 Å². The second-order valence-corrected chi connectivity index (χ2v) is 5.14. The number of hydrogen-bond donors (Lipinski definition) is 0. The van der Waals surface area contributed by atoms with Gasteiger partial charge in [0, 0.05) is 0 Å². The molecule has 0 saturated carbocycles. The second kappa shape index (κ2) is 8.56. The third-order valence-electron chi connectivity index (χ3n) is 2.79. The Balaban J connectivity index is 5.60. The molecule has 4 nitrogen and oxygen atoms in total. The summed E-state index contributed by atoms with van der Waals surface area (Å²) in [6.45, 7) is 13.3. The van der Waals surface area contributed by atoms with E-state index in [9.17, 15) is 9.59 Å². The fourth-order valence-corrected chi connectivity index (χ4v) is 1.90. The summed E-state index contributed by atoms with van der Waals surface area (Å²) in [5, 5.41) is 0. The summed E-state index contributed by atoms with van der Waals surface area (Å²) in [5.41, 5.74) is 0.452. The Labute approximate surface area is 121 Å². The first-order valence-corrected chi connectivity index (χ1v) is 6.92. The summed E-state index contributed by atoms with van der Waals surface area (Å²) < 4.78 is 10.2. The summed E-state index contributed by atoms with van der Waals surface area (Å²) in [7, 11) is 0. The number of ether oxygens (including phenoxy) is 2. The van der Waals surface area contributed by atoms with Gasteiger partial charge in [0.25, 0.3) is 0 Å². The SMILES string of the molecule is C=C(C)CC(CC=C(C)C)(C(=O)OCC)C(=O)OCC. The normalized spacial score (nSPS) is 10.7. The standard InChI is InChI=1S/C16H26O4/c1-7-19-14(17)16(11-13(5)6,10-9-12(3)4)15(18)20-8-2/h9H,5,7-8,10-11H2,1-4,6H3. The summed E-state index contributed by atoms with van der Waals surface area (Å²) in [6, 6.07) is 0. The van der Waals surface area contributed by atoms with Crippen molar-refractivity contribution in [3.05, 3.63) is 23.8 Å². The number of carbonyl (C=O) groups excluding carboxylic acids is 2. The maximum atomic E-state index is 12.3. The summed E-state index contributed by atoms with van der Waals surface area (Å²) in [4.78, 5) is 24.7. The van der Waals surface area contributed by atoms with E-state index in [1.807, 2.05) is 19.9 Å². The molecule has 4 heteroatoms. The van der Waals surface area contributed by atoms with Crippen molar-refractivity contribution in [2.24, 2.45) is 5.41 Å². The number of esters is 2. The fourth-order valence-electron chi connectivity index (χ4n) is 1.90. The predicted molar refractivity (Wildman–Crippen MR) is 79.2 cm³/mol. The Morgan fingerprint density at radius 2 is 1.50 bits per heavy atom. The van der Waals surface area contributed by atoms with Crippen molar-refractivity contribution < 1.29 is 19.1 Å². The van der Waals surface area contributed by atoms with E-state index in [2.05, 4.69) is 6.58 Å². The van der Waals surface area contributed by atoms with E-state index in [-0.39, 0.29) is 26.1 Å². The molecule has 0 aromatic heterocycles. The molecule has 0 heterocycles. The minimum Gasteiger partial charge on any atom is -0.465 e. The van der Waals surface area contributed by atoms with E-state index >= 15 is 0 Å². The van der Waals surface area contributed by atoms with Gasteiger partial charge in [-0.1, -0.05) is 17.2 Å². The average Bonchev–Trinajstić information content (AvgIpc) is 2.34. The molecule has 0 spiro atoms. The van der Waals surface area contributed by atoms with Crippen molar-refractivity contribution in [2.45, 2.75) is 47.5 Å². The molecule has 0 saturated heterocycles. The molecule has 0 aliphatic heterocycles. The molecule has 0 aromatic rings. The molecule has 0 aliphatic rings. The number of hydrogen-bond acceptors (Lipinski definition) is 4. The van der Waals surface area contributed by atoms with Crippen molar-refractivity contribution in [3.63, 3.8) is 0 Å². The van der Waals surface area contributed by atoms with Gasteiger partial charge in [-0.15, -0.1) is 6.58 Å². The van der Waals surface area contributed by atoms with Crippen molar-refractivity contribution >= 4 is 11.9 Å². The summed E-state index contributed by atoms with van der Waals surface area (Å²) in [6.07, 6.45) is 2.35. The number of rotatable bonds is 8. The van der Waals surface area contributed by atoms with Gasteiger partial charge in [-0.25, -0.2) is 0 Å². The minimum atomic E-state index is -1.32. The van der Waals surface area contributed by atoms with Gasteiger partial charge in [-0.05, 0) is 47.5 Å². The van der Waals surface area contributed by atoms with Crippen molar-refractivity contribution in [1.82, 2.24) is 0 Å². The predicted octanol–water partition coefficient (Wildman–Crippen LogP) is 3.42. The minimum absolute atomic E-state index is 0.227. The largest absolute Gasteiger partial charge is 0.465 e. The zero-order valence-electron chi connectivity index (χ0n) is 13.2. The van der Waals surface area contributed by atoms with Crippen LogP contribution in [-0.4, -0.2) is 25.2 Å². The van der Waals surface area contributed by atoms with Crippen LogP contribution in [0.3, 0.4) is 0 Å². The van der Waals surface area contributed by atoms with E-state index in [1.54, 1.807) is 20.8 Å². The number of allylic oxidation sites excluding steroid dienone is 3. The lowest BCUT2D eigenvalue weighted by Gasteiger charge is -2.28. The van der Waals surface area contributed by atoms with E-state index in [0.717, 1.165) is 11.1 Å². The van der Waals surface area contributed by atoms with Gasteiger partial charge in [0.2, 0.25) is 0 Å². The first-order valence-electron chi connectivity index (χ1n) is 6.92. The topological polar surface area (TPSA) is 52.6 Å². The molecule has 0 radical (unpaired) electrons. The lowest BCUT2D eigenvalue weighted by atomic mass is 9.78. The highest BCUT2D eigenvalue weighted by Gasteiger charge is 2.47. The molecule has 0 aromatic carbocycles. The van der Waals surface area contributed by atoms with Crippen molar-refractivity contribution in [2.75, 3.05) is 13.2 Å². The third kappa shape index (κ3) is 5.19. The van der Waals surface area contributed by atoms with Gasteiger partial charge in [0.15, 0.2) is 5.41 Å². The second-order valence-electron chi connectivity index (χ2n) is 5.14. The van der Waals surface area contributed by atoms with Gasteiger partial charge in [-0.3, -0.25) is 9.59 Å². The maximum absolute atomic E-state index is 12.3. The average molecular weight is 282 g/mol. The van der Waals surface area contributed by atoms with E-state index in [4.69, 9.17) is 9.47 Å². The van der Waals surface area contributed by atoms with Crippen LogP contribution in [0.5, 0.6) is 0 Å². The summed E-state index contributed by atoms with van der Waals surface area (Å²) in [5.74, 6) is -1.09. The molecular formula is C16H26O4. The molecule has 0 amide bonds. The van der Waals surface area contributed by atoms with Gasteiger partial charge >= 0.3 is 11.9 Å². The van der Waals surface area contributed by atoms with Gasteiger partial charge in [-0.2, -0.15) is 0 Å². The molecule has 0 rings (SSSR count). The van der Waals surface area contributed by atoms with Crippen LogP contribution in [0.25, 0.3) is 0 Å². The Hall–Kier alpha value is -1.58. The Bertz CT molecular complexity index is 371. The van der Waals surface area contributed by atoms with Crippen LogP contribution < -0.4 is 0 Å². The third-order valence-corrected chi connectivity index (χ3v) is 2.79. The highest BCUT2D eigenvalue weighted by molar-refractivity contribution is 6.00. The smallest absolute Gasteiger partial charge is 0.324 e. The molecule has 20 heavy (non-hydrogen) atoms. The Morgan fingerprint density at radius 1 is 1.05 bits per heavy atom. The lowest BCUT2D eigenvalue weighted by Crippen LogP contribution is -2.42. The van der Waals surface area contributed by atoms with E-state index < -0.39 is 17.4 Å². The van der Waals surface area contributed by atoms with Crippen LogP contribution in [0.2, 0.25) is 0 Å². The summed E-state index contributed by atoms with van der Waals surface area (Å²) >= 11 is 0. The van der Waals surface area contributed by atoms with Gasteiger partial charge < -0.3 is 9.47 Å². The van der Waals surface area contributed by atoms with Crippen LogP contribution in [0.4, 0.5) is 0 Å². The Morgan fingerprint density at radius 3 is 1.80 bits per heavy atom. The molecule has 0 fully saturated rings. The molecule has 0 atom stereocenters. The fraction of sp³-hybridized carbons (Fsp3) is 0.625. The van der Waals surface area contributed by atoms with E-state index in [0.29, 0.717) is 0 Å². The molecule has 0 unspecified atom stereocenters. The maximum Gasteiger partial charge on any atom is 0.324 e. The van der Waals surface area contributed by atoms with Crippen LogP contribution >= 0.6 is 0 Å². The van der Waals surface area contributed by atoms with Crippen LogP contribution in [-0.2, 0) is 19.1 Å². The van der Waals surface area contributed by atoms with Crippen molar-refractivity contribution in [3.8, 4) is 0 Å². The van der Waals surface area contributed by atoms with Crippen molar-refractivity contribution in [1.29, 1.82) is 0 Å². The first-order chi connectivity index (χ1) is 9.30. The number of carbonyl (C=O) groups is 2. The highest BCUT2D eigenvalue weighted by Crippen LogP contribution is 2.34. The van der Waals surface area contributed by atoms with Crippen LogP contribution in [0.15, 0.2) is 23.8 Å². The molecule has 0 N–H and O–H groups in total.